The highest BCUT2D eigenvalue weighted by atomic mass is 19.1. The van der Waals surface area contributed by atoms with Gasteiger partial charge in [0.2, 0.25) is 0 Å². The Morgan fingerprint density at radius 2 is 2.22 bits per heavy atom. The fourth-order valence-electron chi connectivity index (χ4n) is 2.58. The zero-order chi connectivity index (χ0) is 19.0. The second-order valence-corrected chi connectivity index (χ2v) is 6.04. The van der Waals surface area contributed by atoms with Crippen LogP contribution in [0.4, 0.5) is 26.4 Å². The lowest BCUT2D eigenvalue weighted by Gasteiger charge is -2.12. The maximum Gasteiger partial charge on any atom is 0.410 e. The van der Waals surface area contributed by atoms with E-state index in [2.05, 4.69) is 25.5 Å². The second kappa shape index (κ2) is 6.45. The van der Waals surface area contributed by atoms with Crippen LogP contribution in [0.3, 0.4) is 0 Å². The van der Waals surface area contributed by atoms with Gasteiger partial charge in [-0.15, -0.1) is 5.10 Å². The quantitative estimate of drug-likeness (QED) is 0.631. The van der Waals surface area contributed by atoms with Gasteiger partial charge in [-0.05, 0) is 25.0 Å². The number of nitrogens with two attached hydrogens (primary N) is 1. The maximum absolute atomic E-state index is 13.7. The minimum absolute atomic E-state index is 0.282. The number of carbonyl (C=O) groups is 1. The summed E-state index contributed by atoms with van der Waals surface area (Å²) < 4.78 is 19.8. The highest BCUT2D eigenvalue weighted by Gasteiger charge is 2.23. The molecular formula is C17H14FN7O2. The number of anilines is 3. The third-order valence-electron chi connectivity index (χ3n) is 3.93. The van der Waals surface area contributed by atoms with Crippen LogP contribution in [0.2, 0.25) is 0 Å². The smallest absolute Gasteiger partial charge is 0.407 e. The molecule has 136 valence electrons. The Labute approximate surface area is 152 Å². The topological polar surface area (TPSA) is 130 Å². The molecule has 27 heavy (non-hydrogen) atoms. The summed E-state index contributed by atoms with van der Waals surface area (Å²) in [6.07, 6.45) is 2.46. The molecule has 1 aromatic carbocycles. The molecule has 2 heterocycles. The SMILES string of the molecule is N#Cc1cnc2c(NC3CC3)cc(Nc3ccc(F)c(OC(N)=O)c3)nn12. The van der Waals surface area contributed by atoms with Crippen LogP contribution in [0.15, 0.2) is 30.5 Å². The van der Waals surface area contributed by atoms with E-state index in [0.717, 1.165) is 24.6 Å². The number of hydrogen-bond acceptors (Lipinski definition) is 7. The molecule has 2 aromatic heterocycles. The largest absolute Gasteiger partial charge is 0.410 e. The van der Waals surface area contributed by atoms with Gasteiger partial charge in [-0.3, -0.25) is 0 Å². The molecule has 1 aliphatic carbocycles. The summed E-state index contributed by atoms with van der Waals surface area (Å²) in [6, 6.07) is 8.05. The van der Waals surface area contributed by atoms with Crippen molar-refractivity contribution in [1.29, 1.82) is 5.26 Å². The number of nitriles is 1. The summed E-state index contributed by atoms with van der Waals surface area (Å²) in [6.45, 7) is 0. The monoisotopic (exact) mass is 367 g/mol. The normalized spacial score (nSPS) is 13.2. The van der Waals surface area contributed by atoms with Crippen LogP contribution in [0, 0.1) is 17.1 Å². The number of carbonyl (C=O) groups excluding carboxylic acids is 1. The van der Waals surface area contributed by atoms with Gasteiger partial charge in [-0.1, -0.05) is 0 Å². The van der Waals surface area contributed by atoms with Crippen molar-refractivity contribution < 1.29 is 13.9 Å². The number of primary amides is 1. The Morgan fingerprint density at radius 1 is 1.41 bits per heavy atom. The Kier molecular flexibility index (Phi) is 3.97. The van der Waals surface area contributed by atoms with Crippen molar-refractivity contribution in [3.05, 3.63) is 42.0 Å². The van der Waals surface area contributed by atoms with Crippen molar-refractivity contribution in [3.63, 3.8) is 0 Å². The second-order valence-electron chi connectivity index (χ2n) is 6.04. The average Bonchev–Trinajstić information content (AvgIpc) is 3.34. The van der Waals surface area contributed by atoms with E-state index >= 15 is 0 Å². The van der Waals surface area contributed by atoms with Gasteiger partial charge in [0.05, 0.1) is 11.9 Å². The number of halogens is 1. The Balaban J connectivity index is 1.71. The molecule has 1 amide bonds. The van der Waals surface area contributed by atoms with Crippen LogP contribution in [-0.4, -0.2) is 26.7 Å². The van der Waals surface area contributed by atoms with Crippen LogP contribution in [0.1, 0.15) is 18.5 Å². The molecule has 10 heteroatoms. The first kappa shape index (κ1) is 16.6. The van der Waals surface area contributed by atoms with Crippen molar-refractivity contribution >= 4 is 28.9 Å². The Bertz CT molecular complexity index is 1080. The van der Waals surface area contributed by atoms with E-state index in [1.807, 2.05) is 6.07 Å². The number of amides is 1. The van der Waals surface area contributed by atoms with Gasteiger partial charge >= 0.3 is 6.09 Å². The number of benzene rings is 1. The van der Waals surface area contributed by atoms with Crippen molar-refractivity contribution in [1.82, 2.24) is 14.6 Å². The third kappa shape index (κ3) is 3.43. The van der Waals surface area contributed by atoms with Gasteiger partial charge < -0.3 is 21.1 Å². The van der Waals surface area contributed by atoms with Gasteiger partial charge in [-0.2, -0.15) is 9.78 Å². The minimum Gasteiger partial charge on any atom is -0.407 e. The van der Waals surface area contributed by atoms with Crippen molar-refractivity contribution in [2.24, 2.45) is 5.73 Å². The lowest BCUT2D eigenvalue weighted by Crippen LogP contribution is -2.17. The third-order valence-corrected chi connectivity index (χ3v) is 3.93. The molecule has 1 saturated carbocycles. The number of fused-ring (bicyclic) bond motifs is 1. The molecule has 4 N–H and O–H groups in total. The minimum atomic E-state index is -1.11. The first-order chi connectivity index (χ1) is 13.0. The van der Waals surface area contributed by atoms with E-state index in [0.29, 0.717) is 23.2 Å². The summed E-state index contributed by atoms with van der Waals surface area (Å²) in [5.41, 5.74) is 6.92. The number of nitrogens with zero attached hydrogens (tertiary/aromatic N) is 4. The maximum atomic E-state index is 13.7. The molecular weight excluding hydrogens is 353 g/mol. The number of nitrogens with one attached hydrogen (secondary N) is 2. The molecule has 0 unspecified atom stereocenters. The van der Waals surface area contributed by atoms with Gasteiger partial charge in [0.15, 0.2) is 28.7 Å². The summed E-state index contributed by atoms with van der Waals surface area (Å²) in [4.78, 5) is 15.1. The highest BCUT2D eigenvalue weighted by Crippen LogP contribution is 2.30. The van der Waals surface area contributed by atoms with E-state index in [1.54, 1.807) is 6.07 Å². The fraction of sp³-hybridized carbons (Fsp3) is 0.176. The molecule has 0 atom stereocenters. The van der Waals surface area contributed by atoms with E-state index in [1.165, 1.54) is 22.8 Å². The lowest BCUT2D eigenvalue weighted by molar-refractivity contribution is 0.209. The van der Waals surface area contributed by atoms with Crippen molar-refractivity contribution in [2.75, 3.05) is 10.6 Å². The number of rotatable bonds is 5. The van der Waals surface area contributed by atoms with Crippen LogP contribution < -0.4 is 21.1 Å². The predicted octanol–water partition coefficient (Wildman–Crippen LogP) is 2.52. The summed E-state index contributed by atoms with van der Waals surface area (Å²) in [7, 11) is 0. The fourth-order valence-corrected chi connectivity index (χ4v) is 2.58. The molecule has 4 rings (SSSR count). The van der Waals surface area contributed by atoms with E-state index in [4.69, 9.17) is 5.73 Å². The molecule has 0 saturated heterocycles. The zero-order valence-corrected chi connectivity index (χ0v) is 13.9. The molecule has 0 aliphatic heterocycles. The first-order valence-electron chi connectivity index (χ1n) is 8.13. The summed E-state index contributed by atoms with van der Waals surface area (Å²) in [5, 5.41) is 20.0. The average molecular weight is 367 g/mol. The van der Waals surface area contributed by atoms with Crippen molar-refractivity contribution in [3.8, 4) is 11.8 Å². The highest BCUT2D eigenvalue weighted by molar-refractivity contribution is 5.74. The number of ether oxygens (including phenoxy) is 1. The van der Waals surface area contributed by atoms with Gasteiger partial charge in [0.1, 0.15) is 6.07 Å². The van der Waals surface area contributed by atoms with E-state index < -0.39 is 11.9 Å². The molecule has 0 spiro atoms. The molecule has 1 aliphatic rings. The number of hydrogen-bond donors (Lipinski definition) is 3. The Hall–Kier alpha value is -3.87. The molecule has 3 aromatic rings. The lowest BCUT2D eigenvalue weighted by atomic mass is 10.3. The molecule has 0 radical (unpaired) electrons. The predicted molar refractivity (Wildman–Crippen MR) is 94.2 cm³/mol. The Morgan fingerprint density at radius 3 is 2.93 bits per heavy atom. The standard InChI is InChI=1S/C17H14FN7O2/c18-12-4-3-10(5-14(12)27-17(20)26)23-15-6-13(22-9-1-2-9)16-21-8-11(7-19)25(16)24-15/h3-6,8-9,22H,1-2H2,(H2,20,26)(H,23,24). The van der Waals surface area contributed by atoms with E-state index in [9.17, 15) is 14.4 Å². The summed E-state index contributed by atoms with van der Waals surface area (Å²) in [5.74, 6) is -0.623. The van der Waals surface area contributed by atoms with Crippen molar-refractivity contribution in [2.45, 2.75) is 18.9 Å². The number of imidazole rings is 1. The summed E-state index contributed by atoms with van der Waals surface area (Å²) >= 11 is 0. The number of aromatic nitrogens is 3. The van der Waals surface area contributed by atoms with Crippen LogP contribution in [0.25, 0.3) is 5.65 Å². The molecule has 0 bridgehead atoms. The zero-order valence-electron chi connectivity index (χ0n) is 13.9. The van der Waals surface area contributed by atoms with E-state index in [-0.39, 0.29) is 11.4 Å². The van der Waals surface area contributed by atoms with Crippen LogP contribution >= 0.6 is 0 Å². The first-order valence-corrected chi connectivity index (χ1v) is 8.13. The van der Waals surface area contributed by atoms with Gasteiger partial charge in [0.25, 0.3) is 0 Å². The molecule has 1 fully saturated rings. The van der Waals surface area contributed by atoms with Gasteiger partial charge in [0, 0.05) is 23.9 Å². The van der Waals surface area contributed by atoms with Gasteiger partial charge in [-0.25, -0.2) is 14.2 Å². The van der Waals surface area contributed by atoms with Crippen LogP contribution in [0.5, 0.6) is 5.75 Å². The molecule has 9 nitrogen and oxygen atoms in total. The van der Waals surface area contributed by atoms with Crippen LogP contribution in [-0.2, 0) is 0 Å².